The van der Waals surface area contributed by atoms with Crippen molar-refractivity contribution in [2.45, 2.75) is 44.9 Å². The molecule has 0 bridgehead atoms. The van der Waals surface area contributed by atoms with Crippen molar-refractivity contribution in [2.75, 3.05) is 0 Å². The SMILES string of the molecule is C=Cc1ccc(C2CCc3cc(CCC)ccc3C2)c(F)c1. The molecule has 1 aliphatic carbocycles. The fraction of sp³-hybridized carbons (Fsp3) is 0.333. The van der Waals surface area contributed by atoms with Crippen molar-refractivity contribution in [3.63, 3.8) is 0 Å². The molecule has 2 aromatic carbocycles. The van der Waals surface area contributed by atoms with Crippen LogP contribution in [-0.2, 0) is 19.3 Å². The highest BCUT2D eigenvalue weighted by Gasteiger charge is 2.22. The van der Waals surface area contributed by atoms with E-state index in [-0.39, 0.29) is 5.82 Å². The van der Waals surface area contributed by atoms with Gasteiger partial charge >= 0.3 is 0 Å². The Bertz CT molecular complexity index is 684. The summed E-state index contributed by atoms with van der Waals surface area (Å²) in [7, 11) is 0. The van der Waals surface area contributed by atoms with Crippen LogP contribution in [0.15, 0.2) is 43.0 Å². The molecule has 0 heterocycles. The lowest BCUT2D eigenvalue weighted by Crippen LogP contribution is -2.14. The Kier molecular flexibility index (Phi) is 4.42. The lowest BCUT2D eigenvalue weighted by Gasteiger charge is -2.26. The number of halogens is 1. The molecule has 1 unspecified atom stereocenters. The molecule has 1 heteroatoms. The highest BCUT2D eigenvalue weighted by molar-refractivity contribution is 5.48. The Morgan fingerprint density at radius 3 is 2.77 bits per heavy atom. The molecule has 0 radical (unpaired) electrons. The van der Waals surface area contributed by atoms with Crippen LogP contribution >= 0.6 is 0 Å². The molecule has 0 saturated heterocycles. The summed E-state index contributed by atoms with van der Waals surface area (Å²) in [4.78, 5) is 0. The molecule has 0 spiro atoms. The van der Waals surface area contributed by atoms with Gasteiger partial charge in [0.2, 0.25) is 0 Å². The van der Waals surface area contributed by atoms with Crippen LogP contribution in [-0.4, -0.2) is 0 Å². The zero-order valence-electron chi connectivity index (χ0n) is 13.2. The van der Waals surface area contributed by atoms with Gasteiger partial charge in [0.1, 0.15) is 5.82 Å². The van der Waals surface area contributed by atoms with Gasteiger partial charge in [-0.05, 0) is 65.5 Å². The van der Waals surface area contributed by atoms with Gasteiger partial charge in [-0.25, -0.2) is 4.39 Å². The molecular weight excluding hydrogens is 271 g/mol. The monoisotopic (exact) mass is 294 g/mol. The number of fused-ring (bicyclic) bond motifs is 1. The molecule has 0 aliphatic heterocycles. The van der Waals surface area contributed by atoms with Gasteiger partial charge in [0, 0.05) is 0 Å². The molecule has 22 heavy (non-hydrogen) atoms. The highest BCUT2D eigenvalue weighted by atomic mass is 19.1. The van der Waals surface area contributed by atoms with Crippen LogP contribution in [0, 0.1) is 5.82 Å². The summed E-state index contributed by atoms with van der Waals surface area (Å²) in [6.45, 7) is 5.91. The number of hydrogen-bond acceptors (Lipinski definition) is 0. The zero-order valence-corrected chi connectivity index (χ0v) is 13.2. The molecule has 0 fully saturated rings. The smallest absolute Gasteiger partial charge is 0.127 e. The molecule has 114 valence electrons. The molecule has 1 aliphatic rings. The van der Waals surface area contributed by atoms with Crippen LogP contribution < -0.4 is 0 Å². The van der Waals surface area contributed by atoms with Gasteiger partial charge in [-0.3, -0.25) is 0 Å². The Morgan fingerprint density at radius 1 is 1.18 bits per heavy atom. The number of rotatable bonds is 4. The average molecular weight is 294 g/mol. The highest BCUT2D eigenvalue weighted by Crippen LogP contribution is 2.34. The van der Waals surface area contributed by atoms with Crippen molar-refractivity contribution in [2.24, 2.45) is 0 Å². The fourth-order valence-electron chi connectivity index (χ4n) is 3.52. The first-order valence-electron chi connectivity index (χ1n) is 8.23. The van der Waals surface area contributed by atoms with Crippen LogP contribution in [0.25, 0.3) is 6.08 Å². The van der Waals surface area contributed by atoms with E-state index >= 15 is 0 Å². The lowest BCUT2D eigenvalue weighted by molar-refractivity contribution is 0.533. The Morgan fingerprint density at radius 2 is 2.05 bits per heavy atom. The topological polar surface area (TPSA) is 0 Å². The van der Waals surface area contributed by atoms with E-state index in [2.05, 4.69) is 31.7 Å². The maximum atomic E-state index is 14.3. The summed E-state index contributed by atoms with van der Waals surface area (Å²) >= 11 is 0. The first kappa shape index (κ1) is 15.0. The van der Waals surface area contributed by atoms with E-state index in [1.165, 1.54) is 23.1 Å². The third-order valence-corrected chi connectivity index (χ3v) is 4.74. The first-order valence-corrected chi connectivity index (χ1v) is 8.23. The van der Waals surface area contributed by atoms with Gasteiger partial charge in [0.05, 0.1) is 0 Å². The maximum Gasteiger partial charge on any atom is 0.127 e. The first-order chi connectivity index (χ1) is 10.7. The van der Waals surface area contributed by atoms with Crippen molar-refractivity contribution in [3.8, 4) is 0 Å². The molecular formula is C21H23F. The van der Waals surface area contributed by atoms with E-state index in [1.807, 2.05) is 12.1 Å². The van der Waals surface area contributed by atoms with Crippen molar-refractivity contribution in [3.05, 3.63) is 76.6 Å². The van der Waals surface area contributed by atoms with Crippen LogP contribution in [0.2, 0.25) is 0 Å². The molecule has 3 rings (SSSR count). The summed E-state index contributed by atoms with van der Waals surface area (Å²) < 4.78 is 14.3. The van der Waals surface area contributed by atoms with Crippen molar-refractivity contribution in [1.82, 2.24) is 0 Å². The van der Waals surface area contributed by atoms with Gasteiger partial charge in [-0.1, -0.05) is 56.3 Å². The second-order valence-corrected chi connectivity index (χ2v) is 6.28. The van der Waals surface area contributed by atoms with Gasteiger partial charge in [0.15, 0.2) is 0 Å². The quantitative estimate of drug-likeness (QED) is 0.679. The van der Waals surface area contributed by atoms with E-state index in [4.69, 9.17) is 0 Å². The minimum absolute atomic E-state index is 0.0894. The van der Waals surface area contributed by atoms with Gasteiger partial charge < -0.3 is 0 Å². The van der Waals surface area contributed by atoms with Gasteiger partial charge in [-0.15, -0.1) is 0 Å². The Balaban J connectivity index is 1.83. The maximum absolute atomic E-state index is 14.3. The molecule has 0 amide bonds. The van der Waals surface area contributed by atoms with Crippen LogP contribution in [0.1, 0.15) is 53.5 Å². The van der Waals surface area contributed by atoms with Crippen LogP contribution in [0.4, 0.5) is 4.39 Å². The second kappa shape index (κ2) is 6.48. The third-order valence-electron chi connectivity index (χ3n) is 4.74. The molecule has 0 N–H and O–H groups in total. The number of benzene rings is 2. The van der Waals surface area contributed by atoms with Crippen LogP contribution in [0.5, 0.6) is 0 Å². The molecule has 0 nitrogen and oxygen atoms in total. The summed E-state index contributed by atoms with van der Waals surface area (Å²) in [6, 6.07) is 12.3. The zero-order chi connectivity index (χ0) is 15.5. The lowest BCUT2D eigenvalue weighted by atomic mass is 9.79. The molecule has 0 saturated carbocycles. The standard InChI is InChI=1S/C21H23F/c1-3-5-16-6-8-18-14-19(10-9-17(18)12-16)20-11-7-15(4-2)13-21(20)22/h4,6-8,11-13,19H,2-3,5,9-10,14H2,1H3. The summed E-state index contributed by atoms with van der Waals surface area (Å²) in [5, 5.41) is 0. The summed E-state index contributed by atoms with van der Waals surface area (Å²) in [6.07, 6.45) is 7.06. The van der Waals surface area contributed by atoms with Gasteiger partial charge in [-0.2, -0.15) is 0 Å². The molecule has 1 atom stereocenters. The van der Waals surface area contributed by atoms with E-state index in [0.717, 1.165) is 36.8 Å². The largest absolute Gasteiger partial charge is 0.207 e. The second-order valence-electron chi connectivity index (χ2n) is 6.28. The van der Waals surface area contributed by atoms with E-state index in [1.54, 1.807) is 12.1 Å². The third kappa shape index (κ3) is 2.99. The van der Waals surface area contributed by atoms with E-state index < -0.39 is 0 Å². The summed E-state index contributed by atoms with van der Waals surface area (Å²) in [5.41, 5.74) is 5.99. The van der Waals surface area contributed by atoms with E-state index in [0.29, 0.717) is 5.92 Å². The van der Waals surface area contributed by atoms with Crippen LogP contribution in [0.3, 0.4) is 0 Å². The minimum Gasteiger partial charge on any atom is -0.207 e. The fourth-order valence-corrected chi connectivity index (χ4v) is 3.52. The predicted octanol–water partition coefficient (Wildman–Crippen LogP) is 5.69. The van der Waals surface area contributed by atoms with E-state index in [9.17, 15) is 4.39 Å². The Labute approximate surface area is 132 Å². The molecule has 2 aromatic rings. The van der Waals surface area contributed by atoms with Crippen molar-refractivity contribution < 1.29 is 4.39 Å². The predicted molar refractivity (Wildman–Crippen MR) is 91.7 cm³/mol. The minimum atomic E-state index is -0.0894. The number of aryl methyl sites for hydroxylation is 2. The summed E-state index contributed by atoms with van der Waals surface area (Å²) in [5.74, 6) is 0.205. The van der Waals surface area contributed by atoms with Crippen molar-refractivity contribution >= 4 is 6.08 Å². The number of hydrogen-bond donors (Lipinski definition) is 0. The molecule has 0 aromatic heterocycles. The van der Waals surface area contributed by atoms with Crippen molar-refractivity contribution in [1.29, 1.82) is 0 Å². The Hall–Kier alpha value is -1.89. The normalized spacial score (nSPS) is 17.1. The van der Waals surface area contributed by atoms with Gasteiger partial charge in [0.25, 0.3) is 0 Å². The average Bonchev–Trinajstić information content (AvgIpc) is 2.54.